The minimum Gasteiger partial charge on any atom is -0.444 e. The summed E-state index contributed by atoms with van der Waals surface area (Å²) < 4.78 is 11.5. The number of hydrogen-bond acceptors (Lipinski definition) is 4. The van der Waals surface area contributed by atoms with E-state index < -0.39 is 0 Å². The third-order valence-corrected chi connectivity index (χ3v) is 4.16. The Kier molecular flexibility index (Phi) is 3.89. The van der Waals surface area contributed by atoms with Gasteiger partial charge < -0.3 is 14.2 Å². The van der Waals surface area contributed by atoms with Crippen molar-refractivity contribution >= 4 is 38.6 Å². The lowest BCUT2D eigenvalue weighted by Crippen LogP contribution is -2.10. The molecule has 4 aromatic rings. The first-order valence-electron chi connectivity index (χ1n) is 7.63. The van der Waals surface area contributed by atoms with Gasteiger partial charge in [-0.25, -0.2) is 4.98 Å². The summed E-state index contributed by atoms with van der Waals surface area (Å²) in [5.41, 5.74) is 4.22. The summed E-state index contributed by atoms with van der Waals surface area (Å²) in [6.07, 6.45) is 0. The molecule has 0 aliphatic carbocycles. The Balaban J connectivity index is 1.55. The van der Waals surface area contributed by atoms with Gasteiger partial charge in [0.1, 0.15) is 5.52 Å². The van der Waals surface area contributed by atoms with Gasteiger partial charge in [-0.05, 0) is 76.9 Å². The van der Waals surface area contributed by atoms with Gasteiger partial charge in [0, 0.05) is 11.3 Å². The molecule has 0 aliphatic rings. The highest BCUT2D eigenvalue weighted by Gasteiger charge is 2.12. The van der Waals surface area contributed by atoms with Crippen molar-refractivity contribution in [1.29, 1.82) is 0 Å². The quantitative estimate of drug-likeness (QED) is 0.502. The summed E-state index contributed by atoms with van der Waals surface area (Å²) in [6, 6.07) is 16.5. The topological polar surface area (TPSA) is 68.3 Å². The average Bonchev–Trinajstić information content (AvgIpc) is 3.21. The Morgan fingerprint density at radius 2 is 1.84 bits per heavy atom. The van der Waals surface area contributed by atoms with Crippen LogP contribution in [-0.4, -0.2) is 10.9 Å². The molecule has 0 radical (unpaired) electrons. The molecule has 2 heterocycles. The molecule has 1 N–H and O–H groups in total. The molecule has 2 aromatic carbocycles. The third-order valence-electron chi connectivity index (χ3n) is 3.73. The first-order valence-corrected chi connectivity index (χ1v) is 8.42. The van der Waals surface area contributed by atoms with Gasteiger partial charge in [0.25, 0.3) is 5.91 Å². The van der Waals surface area contributed by atoms with E-state index in [1.165, 1.54) is 0 Å². The van der Waals surface area contributed by atoms with Crippen molar-refractivity contribution in [1.82, 2.24) is 4.98 Å². The first kappa shape index (κ1) is 15.7. The number of anilines is 1. The Hall–Kier alpha value is -2.86. The molecule has 4 rings (SSSR count). The van der Waals surface area contributed by atoms with Crippen LogP contribution in [0.2, 0.25) is 0 Å². The van der Waals surface area contributed by atoms with Crippen molar-refractivity contribution in [3.63, 3.8) is 0 Å². The van der Waals surface area contributed by atoms with Gasteiger partial charge in [-0.15, -0.1) is 0 Å². The van der Waals surface area contributed by atoms with Gasteiger partial charge in [0.15, 0.2) is 16.0 Å². The van der Waals surface area contributed by atoms with E-state index in [1.54, 1.807) is 24.3 Å². The standard InChI is InChI=1S/C19H13BrN2O3/c1-11-2-7-15-14(10-11)22-19(25-15)12-3-5-13(6-4-12)21-18(23)16-8-9-17(20)24-16/h2-10H,1H3,(H,21,23). The number of furan rings is 1. The molecule has 6 heteroatoms. The highest BCUT2D eigenvalue weighted by molar-refractivity contribution is 9.10. The van der Waals surface area contributed by atoms with Crippen LogP contribution >= 0.6 is 15.9 Å². The maximum absolute atomic E-state index is 12.1. The van der Waals surface area contributed by atoms with Gasteiger partial charge in [-0.1, -0.05) is 6.07 Å². The number of carbonyl (C=O) groups is 1. The zero-order chi connectivity index (χ0) is 17.4. The van der Waals surface area contributed by atoms with Crippen molar-refractivity contribution in [2.45, 2.75) is 6.92 Å². The summed E-state index contributed by atoms with van der Waals surface area (Å²) in [4.78, 5) is 16.6. The maximum Gasteiger partial charge on any atom is 0.291 e. The number of fused-ring (bicyclic) bond motifs is 1. The molecule has 2 aromatic heterocycles. The van der Waals surface area contributed by atoms with Crippen molar-refractivity contribution in [3.8, 4) is 11.5 Å². The van der Waals surface area contributed by atoms with Crippen LogP contribution in [0.25, 0.3) is 22.6 Å². The number of nitrogens with zero attached hydrogens (tertiary/aromatic N) is 1. The van der Waals surface area contributed by atoms with Crippen LogP contribution in [0, 0.1) is 6.92 Å². The molecule has 0 spiro atoms. The molecule has 25 heavy (non-hydrogen) atoms. The van der Waals surface area contributed by atoms with Gasteiger partial charge in [0.05, 0.1) is 0 Å². The average molecular weight is 397 g/mol. The van der Waals surface area contributed by atoms with Crippen LogP contribution in [-0.2, 0) is 0 Å². The van der Waals surface area contributed by atoms with Crippen LogP contribution in [0.3, 0.4) is 0 Å². The summed E-state index contributed by atoms with van der Waals surface area (Å²) in [6.45, 7) is 2.02. The second-order valence-electron chi connectivity index (χ2n) is 5.63. The molecular weight excluding hydrogens is 384 g/mol. The molecule has 0 fully saturated rings. The predicted molar refractivity (Wildman–Crippen MR) is 98.5 cm³/mol. The largest absolute Gasteiger partial charge is 0.444 e. The van der Waals surface area contributed by atoms with E-state index in [4.69, 9.17) is 8.83 Å². The van der Waals surface area contributed by atoms with Crippen LogP contribution in [0.5, 0.6) is 0 Å². The number of benzene rings is 2. The fourth-order valence-electron chi connectivity index (χ4n) is 2.49. The van der Waals surface area contributed by atoms with E-state index in [1.807, 2.05) is 37.3 Å². The van der Waals surface area contributed by atoms with Crippen molar-refractivity contribution in [3.05, 3.63) is 70.6 Å². The number of nitrogens with one attached hydrogen (secondary N) is 1. The second kappa shape index (κ2) is 6.22. The third kappa shape index (κ3) is 3.21. The molecular formula is C19H13BrN2O3. The Morgan fingerprint density at radius 1 is 1.04 bits per heavy atom. The monoisotopic (exact) mass is 396 g/mol. The Labute approximate surface area is 151 Å². The van der Waals surface area contributed by atoms with E-state index in [0.717, 1.165) is 22.2 Å². The zero-order valence-electron chi connectivity index (χ0n) is 13.2. The van der Waals surface area contributed by atoms with Crippen molar-refractivity contribution in [2.24, 2.45) is 0 Å². The molecule has 0 unspecified atom stereocenters. The highest BCUT2D eigenvalue weighted by Crippen LogP contribution is 2.26. The maximum atomic E-state index is 12.1. The van der Waals surface area contributed by atoms with E-state index >= 15 is 0 Å². The van der Waals surface area contributed by atoms with Gasteiger partial charge in [-0.2, -0.15) is 0 Å². The fourth-order valence-corrected chi connectivity index (χ4v) is 2.79. The Bertz CT molecular complexity index is 1060. The highest BCUT2D eigenvalue weighted by atomic mass is 79.9. The van der Waals surface area contributed by atoms with Crippen LogP contribution in [0.15, 0.2) is 68.1 Å². The molecule has 0 saturated carbocycles. The number of oxazole rings is 1. The summed E-state index contributed by atoms with van der Waals surface area (Å²) >= 11 is 3.18. The van der Waals surface area contributed by atoms with E-state index in [0.29, 0.717) is 16.2 Å². The molecule has 5 nitrogen and oxygen atoms in total. The van der Waals surface area contributed by atoms with Crippen LogP contribution in [0.4, 0.5) is 5.69 Å². The van der Waals surface area contributed by atoms with Crippen molar-refractivity contribution < 1.29 is 13.6 Å². The minimum atomic E-state index is -0.309. The molecule has 124 valence electrons. The number of aryl methyl sites for hydroxylation is 1. The lowest BCUT2D eigenvalue weighted by atomic mass is 10.2. The van der Waals surface area contributed by atoms with Gasteiger partial charge >= 0.3 is 0 Å². The predicted octanol–water partition coefficient (Wildman–Crippen LogP) is 5.41. The lowest BCUT2D eigenvalue weighted by Gasteiger charge is -2.03. The number of hydrogen-bond donors (Lipinski definition) is 1. The Morgan fingerprint density at radius 3 is 2.56 bits per heavy atom. The number of aromatic nitrogens is 1. The fraction of sp³-hybridized carbons (Fsp3) is 0.0526. The minimum absolute atomic E-state index is 0.241. The van der Waals surface area contributed by atoms with Crippen LogP contribution < -0.4 is 5.32 Å². The summed E-state index contributed by atoms with van der Waals surface area (Å²) in [5.74, 6) is 0.481. The number of amides is 1. The van der Waals surface area contributed by atoms with Gasteiger partial charge in [-0.3, -0.25) is 4.79 Å². The van der Waals surface area contributed by atoms with Crippen LogP contribution in [0.1, 0.15) is 16.1 Å². The van der Waals surface area contributed by atoms with Crippen molar-refractivity contribution in [2.75, 3.05) is 5.32 Å². The summed E-state index contributed by atoms with van der Waals surface area (Å²) in [7, 11) is 0. The number of carbonyl (C=O) groups excluding carboxylic acids is 1. The SMILES string of the molecule is Cc1ccc2oc(-c3ccc(NC(=O)c4ccc(Br)o4)cc3)nc2c1. The molecule has 1 amide bonds. The van der Waals surface area contributed by atoms with E-state index in [2.05, 4.69) is 26.2 Å². The first-order chi connectivity index (χ1) is 12.1. The van der Waals surface area contributed by atoms with E-state index in [9.17, 15) is 4.79 Å². The molecule has 0 aliphatic heterocycles. The smallest absolute Gasteiger partial charge is 0.291 e. The lowest BCUT2D eigenvalue weighted by molar-refractivity contribution is 0.0995. The number of halogens is 1. The zero-order valence-corrected chi connectivity index (χ0v) is 14.8. The number of rotatable bonds is 3. The van der Waals surface area contributed by atoms with Gasteiger partial charge in [0.2, 0.25) is 5.89 Å². The molecule has 0 bridgehead atoms. The normalized spacial score (nSPS) is 11.0. The molecule has 0 saturated heterocycles. The van der Waals surface area contributed by atoms with E-state index in [-0.39, 0.29) is 11.7 Å². The molecule has 0 atom stereocenters. The second-order valence-corrected chi connectivity index (χ2v) is 6.41. The summed E-state index contributed by atoms with van der Waals surface area (Å²) in [5, 5.41) is 2.78.